The Bertz CT molecular complexity index is 668. The molecule has 1 atom stereocenters. The third-order valence-corrected chi connectivity index (χ3v) is 3.33. The average molecular weight is 336 g/mol. The van der Waals surface area contributed by atoms with Crippen LogP contribution in [-0.2, 0) is 4.79 Å². The molecule has 0 aliphatic heterocycles. The molecule has 0 fully saturated rings. The largest absolute Gasteiger partial charge is 0.497 e. The Kier molecular flexibility index (Phi) is 5.71. The fraction of sp³-hybridized carbons (Fsp3) is 0.235. The van der Waals surface area contributed by atoms with Crippen molar-refractivity contribution in [2.75, 3.05) is 19.5 Å². The monoisotopic (exact) mass is 335 g/mol. The molecule has 23 heavy (non-hydrogen) atoms. The lowest BCUT2D eigenvalue weighted by Crippen LogP contribution is -2.30. The molecule has 6 heteroatoms. The maximum absolute atomic E-state index is 12.3. The molecular weight excluding hydrogens is 318 g/mol. The fourth-order valence-corrected chi connectivity index (χ4v) is 2.10. The molecule has 2 aromatic carbocycles. The molecule has 122 valence electrons. The highest BCUT2D eigenvalue weighted by atomic mass is 35.5. The highest BCUT2D eigenvalue weighted by Crippen LogP contribution is 2.26. The number of halogens is 1. The van der Waals surface area contributed by atoms with E-state index in [-0.39, 0.29) is 5.91 Å². The lowest BCUT2D eigenvalue weighted by molar-refractivity contribution is -0.122. The summed E-state index contributed by atoms with van der Waals surface area (Å²) < 4.78 is 15.9. The van der Waals surface area contributed by atoms with Gasteiger partial charge < -0.3 is 19.5 Å². The van der Waals surface area contributed by atoms with Crippen LogP contribution >= 0.6 is 11.6 Å². The van der Waals surface area contributed by atoms with Gasteiger partial charge in [0.1, 0.15) is 17.2 Å². The number of hydrogen-bond acceptors (Lipinski definition) is 4. The van der Waals surface area contributed by atoms with Gasteiger partial charge in [0.05, 0.1) is 14.2 Å². The third kappa shape index (κ3) is 4.79. The third-order valence-electron chi connectivity index (χ3n) is 3.10. The molecule has 0 aliphatic carbocycles. The van der Waals surface area contributed by atoms with E-state index in [1.807, 2.05) is 0 Å². The van der Waals surface area contributed by atoms with Crippen LogP contribution in [0.5, 0.6) is 17.2 Å². The first-order valence-electron chi connectivity index (χ1n) is 6.98. The molecule has 2 aromatic rings. The van der Waals surface area contributed by atoms with Crippen LogP contribution in [0.4, 0.5) is 5.69 Å². The second kappa shape index (κ2) is 7.74. The van der Waals surface area contributed by atoms with Crippen LogP contribution in [0.2, 0.25) is 5.02 Å². The van der Waals surface area contributed by atoms with Crippen molar-refractivity contribution in [3.8, 4) is 17.2 Å². The zero-order valence-corrected chi connectivity index (χ0v) is 13.9. The van der Waals surface area contributed by atoms with Crippen molar-refractivity contribution in [2.24, 2.45) is 0 Å². The van der Waals surface area contributed by atoms with Gasteiger partial charge in [-0.05, 0) is 25.1 Å². The first-order chi connectivity index (χ1) is 11.0. The van der Waals surface area contributed by atoms with Crippen LogP contribution in [0, 0.1) is 0 Å². The number of carbonyl (C=O) groups is 1. The minimum atomic E-state index is -0.689. The molecular formula is C17H18ClNO4. The van der Waals surface area contributed by atoms with Gasteiger partial charge in [0.25, 0.3) is 5.91 Å². The standard InChI is InChI=1S/C17H18ClNO4/c1-11(23-14-6-4-5-12(18)7-14)17(20)19-13-8-15(21-2)10-16(9-13)22-3/h4-11H,1-3H3,(H,19,20). The summed E-state index contributed by atoms with van der Waals surface area (Å²) in [5.41, 5.74) is 0.563. The number of methoxy groups -OCH3 is 2. The quantitative estimate of drug-likeness (QED) is 0.873. The Labute approximate surface area is 140 Å². The number of hydrogen-bond donors (Lipinski definition) is 1. The lowest BCUT2D eigenvalue weighted by Gasteiger charge is -2.16. The zero-order valence-electron chi connectivity index (χ0n) is 13.1. The lowest BCUT2D eigenvalue weighted by atomic mass is 10.2. The van der Waals surface area contributed by atoms with Crippen LogP contribution in [-0.4, -0.2) is 26.2 Å². The second-order valence-electron chi connectivity index (χ2n) is 4.81. The van der Waals surface area contributed by atoms with Crippen LogP contribution in [0.15, 0.2) is 42.5 Å². The summed E-state index contributed by atoms with van der Waals surface area (Å²) in [5.74, 6) is 1.41. The summed E-state index contributed by atoms with van der Waals surface area (Å²) in [7, 11) is 3.09. The number of nitrogens with one attached hydrogen (secondary N) is 1. The van der Waals surface area contributed by atoms with Crippen LogP contribution in [0.1, 0.15) is 6.92 Å². The second-order valence-corrected chi connectivity index (χ2v) is 5.24. The molecule has 0 aliphatic rings. The van der Waals surface area contributed by atoms with E-state index in [0.29, 0.717) is 28.0 Å². The van der Waals surface area contributed by atoms with E-state index in [1.165, 1.54) is 0 Å². The van der Waals surface area contributed by atoms with Crippen molar-refractivity contribution < 1.29 is 19.0 Å². The zero-order chi connectivity index (χ0) is 16.8. The normalized spacial score (nSPS) is 11.5. The summed E-state index contributed by atoms with van der Waals surface area (Å²) in [5, 5.41) is 3.32. The molecule has 0 spiro atoms. The molecule has 2 rings (SSSR count). The van der Waals surface area contributed by atoms with Gasteiger partial charge in [0.2, 0.25) is 0 Å². The van der Waals surface area contributed by atoms with Gasteiger partial charge in [-0.3, -0.25) is 4.79 Å². The van der Waals surface area contributed by atoms with E-state index in [9.17, 15) is 4.79 Å². The van der Waals surface area contributed by atoms with E-state index in [1.54, 1.807) is 63.6 Å². The summed E-state index contributed by atoms with van der Waals surface area (Å²) in [6.07, 6.45) is -0.689. The Morgan fingerprint density at radius 3 is 2.26 bits per heavy atom. The maximum Gasteiger partial charge on any atom is 0.265 e. The minimum absolute atomic E-state index is 0.291. The number of ether oxygens (including phenoxy) is 3. The molecule has 1 amide bonds. The molecule has 0 bridgehead atoms. The highest BCUT2D eigenvalue weighted by Gasteiger charge is 2.16. The molecule has 1 unspecified atom stereocenters. The minimum Gasteiger partial charge on any atom is -0.497 e. The molecule has 0 radical (unpaired) electrons. The van der Waals surface area contributed by atoms with E-state index >= 15 is 0 Å². The fourth-order valence-electron chi connectivity index (χ4n) is 1.92. The first-order valence-corrected chi connectivity index (χ1v) is 7.36. The Morgan fingerprint density at radius 2 is 1.70 bits per heavy atom. The maximum atomic E-state index is 12.3. The van der Waals surface area contributed by atoms with Gasteiger partial charge in [-0.25, -0.2) is 0 Å². The average Bonchev–Trinajstić information content (AvgIpc) is 2.54. The van der Waals surface area contributed by atoms with Crippen molar-refractivity contribution in [3.63, 3.8) is 0 Å². The molecule has 1 N–H and O–H groups in total. The van der Waals surface area contributed by atoms with Crippen LogP contribution in [0.3, 0.4) is 0 Å². The summed E-state index contributed by atoms with van der Waals surface area (Å²) in [4.78, 5) is 12.3. The Morgan fingerprint density at radius 1 is 1.04 bits per heavy atom. The topological polar surface area (TPSA) is 56.8 Å². The number of rotatable bonds is 6. The molecule has 5 nitrogen and oxygen atoms in total. The van der Waals surface area contributed by atoms with Crippen molar-refractivity contribution >= 4 is 23.2 Å². The summed E-state index contributed by atoms with van der Waals surface area (Å²) in [6.45, 7) is 1.66. The first kappa shape index (κ1) is 17.0. The van der Waals surface area contributed by atoms with Crippen molar-refractivity contribution in [1.29, 1.82) is 0 Å². The number of carbonyl (C=O) groups excluding carboxylic acids is 1. The van der Waals surface area contributed by atoms with Gasteiger partial charge in [0, 0.05) is 28.9 Å². The van der Waals surface area contributed by atoms with Crippen molar-refractivity contribution in [3.05, 3.63) is 47.5 Å². The molecule has 0 saturated carbocycles. The van der Waals surface area contributed by atoms with Crippen LogP contribution < -0.4 is 19.5 Å². The van der Waals surface area contributed by atoms with E-state index in [0.717, 1.165) is 0 Å². The summed E-state index contributed by atoms with van der Waals surface area (Å²) in [6, 6.07) is 12.0. The smallest absolute Gasteiger partial charge is 0.265 e. The molecule has 0 heterocycles. The van der Waals surface area contributed by atoms with Gasteiger partial charge in [-0.15, -0.1) is 0 Å². The van der Waals surface area contributed by atoms with E-state index in [2.05, 4.69) is 5.32 Å². The highest BCUT2D eigenvalue weighted by molar-refractivity contribution is 6.30. The molecule has 0 saturated heterocycles. The Hall–Kier alpha value is -2.40. The Balaban J connectivity index is 2.06. The van der Waals surface area contributed by atoms with Gasteiger partial charge >= 0.3 is 0 Å². The van der Waals surface area contributed by atoms with Gasteiger partial charge in [0.15, 0.2) is 6.10 Å². The predicted octanol–water partition coefficient (Wildman–Crippen LogP) is 3.76. The molecule has 0 aromatic heterocycles. The van der Waals surface area contributed by atoms with E-state index < -0.39 is 6.10 Å². The van der Waals surface area contributed by atoms with Crippen molar-refractivity contribution in [1.82, 2.24) is 0 Å². The van der Waals surface area contributed by atoms with E-state index in [4.69, 9.17) is 25.8 Å². The predicted molar refractivity (Wildman–Crippen MR) is 89.7 cm³/mol. The summed E-state index contributed by atoms with van der Waals surface area (Å²) >= 11 is 5.90. The number of anilines is 1. The SMILES string of the molecule is COc1cc(NC(=O)C(C)Oc2cccc(Cl)c2)cc(OC)c1. The van der Waals surface area contributed by atoms with Gasteiger partial charge in [-0.2, -0.15) is 0 Å². The number of benzene rings is 2. The van der Waals surface area contributed by atoms with Crippen LogP contribution in [0.25, 0.3) is 0 Å². The van der Waals surface area contributed by atoms with Gasteiger partial charge in [-0.1, -0.05) is 17.7 Å². The van der Waals surface area contributed by atoms with Crippen molar-refractivity contribution in [2.45, 2.75) is 13.0 Å². The number of amides is 1.